The molecule has 0 saturated carbocycles. The predicted molar refractivity (Wildman–Crippen MR) is 93.1 cm³/mol. The average molecular weight is 331 g/mol. The third kappa shape index (κ3) is 4.19. The van der Waals surface area contributed by atoms with Crippen molar-refractivity contribution in [2.24, 2.45) is 0 Å². The molecule has 0 amide bonds. The predicted octanol–water partition coefficient (Wildman–Crippen LogP) is 3.53. The smallest absolute Gasteiger partial charge is 0.151 e. The molecule has 0 aromatic heterocycles. The maximum absolute atomic E-state index is 6.07. The molecule has 4 nitrogen and oxygen atoms in total. The highest BCUT2D eigenvalue weighted by molar-refractivity contribution is 8.03. The van der Waals surface area contributed by atoms with Gasteiger partial charge in [0.1, 0.15) is 5.75 Å². The molecule has 1 aromatic carbocycles. The monoisotopic (exact) mass is 331 g/mol. The maximum Gasteiger partial charge on any atom is 0.151 e. The van der Waals surface area contributed by atoms with Crippen molar-refractivity contribution in [3.8, 4) is 5.75 Å². The summed E-state index contributed by atoms with van der Waals surface area (Å²) < 4.78 is 16.6. The Bertz CT molecular complexity index is 634. The zero-order valence-electron chi connectivity index (χ0n) is 13.5. The number of thioether (sulfide) groups is 1. The molecule has 0 N–H and O–H groups in total. The summed E-state index contributed by atoms with van der Waals surface area (Å²) in [6, 6.07) is 8.03. The first-order valence-electron chi connectivity index (χ1n) is 7.59. The van der Waals surface area contributed by atoms with Crippen LogP contribution >= 0.6 is 11.8 Å². The van der Waals surface area contributed by atoms with Crippen LogP contribution in [0.3, 0.4) is 0 Å². The third-order valence-corrected chi connectivity index (χ3v) is 4.52. The second-order valence-electron chi connectivity index (χ2n) is 5.37. The van der Waals surface area contributed by atoms with Crippen molar-refractivity contribution in [2.45, 2.75) is 6.61 Å². The molecule has 0 radical (unpaired) electrons. The highest BCUT2D eigenvalue weighted by atomic mass is 32.2. The molecule has 1 aromatic rings. The third-order valence-electron chi connectivity index (χ3n) is 3.55. The minimum absolute atomic E-state index is 0.587. The van der Waals surface area contributed by atoms with Gasteiger partial charge in [0.15, 0.2) is 5.76 Å². The summed E-state index contributed by atoms with van der Waals surface area (Å²) in [7, 11) is 3.69. The van der Waals surface area contributed by atoms with Gasteiger partial charge in [-0.15, -0.1) is 11.8 Å². The molecule has 0 saturated heterocycles. The van der Waals surface area contributed by atoms with Crippen LogP contribution in [0.5, 0.6) is 5.75 Å². The first kappa shape index (κ1) is 16.2. The molecule has 2 aliphatic heterocycles. The maximum atomic E-state index is 6.07. The van der Waals surface area contributed by atoms with E-state index in [1.807, 2.05) is 54.2 Å². The highest BCUT2D eigenvalue weighted by Gasteiger charge is 2.22. The van der Waals surface area contributed by atoms with Crippen LogP contribution < -0.4 is 4.74 Å². The van der Waals surface area contributed by atoms with E-state index in [1.54, 1.807) is 7.11 Å². The van der Waals surface area contributed by atoms with Crippen molar-refractivity contribution < 1.29 is 14.2 Å². The van der Waals surface area contributed by atoms with Crippen LogP contribution in [0.15, 0.2) is 59.0 Å². The first-order valence-corrected chi connectivity index (χ1v) is 8.57. The molecular formula is C18H21NO3S. The molecule has 0 bridgehead atoms. The summed E-state index contributed by atoms with van der Waals surface area (Å²) in [6.07, 6.45) is 6.37. The lowest BCUT2D eigenvalue weighted by Crippen LogP contribution is -2.13. The minimum Gasteiger partial charge on any atom is -0.455 e. The van der Waals surface area contributed by atoms with Crippen LogP contribution in [0.1, 0.15) is 5.56 Å². The SMILES string of the molecule is COCCOCc1ccc(OC2=CN(C)C=C3SCC=C23)cc1. The van der Waals surface area contributed by atoms with Gasteiger partial charge in [0, 0.05) is 42.8 Å². The Morgan fingerprint density at radius 2 is 1.96 bits per heavy atom. The Kier molecular flexibility index (Phi) is 5.43. The number of ether oxygens (including phenoxy) is 3. The largest absolute Gasteiger partial charge is 0.455 e. The van der Waals surface area contributed by atoms with Crippen molar-refractivity contribution in [1.29, 1.82) is 0 Å². The lowest BCUT2D eigenvalue weighted by molar-refractivity contribution is 0.0616. The lowest BCUT2D eigenvalue weighted by Gasteiger charge is -2.21. The molecule has 0 unspecified atom stereocenters. The van der Waals surface area contributed by atoms with Gasteiger partial charge >= 0.3 is 0 Å². The zero-order valence-corrected chi connectivity index (χ0v) is 14.3. The average Bonchev–Trinajstić information content (AvgIpc) is 3.01. The number of methoxy groups -OCH3 is 1. The van der Waals surface area contributed by atoms with Crippen LogP contribution in [0.4, 0.5) is 0 Å². The van der Waals surface area contributed by atoms with E-state index in [2.05, 4.69) is 12.3 Å². The van der Waals surface area contributed by atoms with E-state index in [9.17, 15) is 0 Å². The number of fused-ring (bicyclic) bond motifs is 1. The number of rotatable bonds is 7. The van der Waals surface area contributed by atoms with E-state index >= 15 is 0 Å². The Balaban J connectivity index is 1.60. The lowest BCUT2D eigenvalue weighted by atomic mass is 10.1. The number of allylic oxidation sites excluding steroid dienone is 1. The molecule has 5 heteroatoms. The van der Waals surface area contributed by atoms with E-state index in [1.165, 1.54) is 10.5 Å². The topological polar surface area (TPSA) is 30.9 Å². The Morgan fingerprint density at radius 1 is 1.13 bits per heavy atom. The normalized spacial score (nSPS) is 16.6. The fraction of sp³-hybridized carbons (Fsp3) is 0.333. The van der Waals surface area contributed by atoms with E-state index in [0.29, 0.717) is 19.8 Å². The standard InChI is InChI=1S/C18H21NO3S/c1-19-11-17(16-7-10-23-18(16)12-19)22-15-5-3-14(4-6-15)13-21-9-8-20-2/h3-7,11-12H,8-10,13H2,1-2H3. The molecule has 2 aliphatic rings. The quantitative estimate of drug-likeness (QED) is 0.714. The molecule has 3 rings (SSSR count). The van der Waals surface area contributed by atoms with Crippen LogP contribution in [-0.2, 0) is 16.1 Å². The molecule has 0 spiro atoms. The van der Waals surface area contributed by atoms with Gasteiger partial charge in [-0.05, 0) is 17.7 Å². The second-order valence-corrected chi connectivity index (χ2v) is 6.43. The van der Waals surface area contributed by atoms with Gasteiger partial charge in [-0.25, -0.2) is 0 Å². The summed E-state index contributed by atoms with van der Waals surface area (Å²) in [4.78, 5) is 3.31. The second kappa shape index (κ2) is 7.73. The van der Waals surface area contributed by atoms with E-state index in [4.69, 9.17) is 14.2 Å². The highest BCUT2D eigenvalue weighted by Crippen LogP contribution is 2.39. The van der Waals surface area contributed by atoms with Gasteiger partial charge < -0.3 is 19.1 Å². The fourth-order valence-corrected chi connectivity index (χ4v) is 3.40. The van der Waals surface area contributed by atoms with Gasteiger partial charge in [0.2, 0.25) is 0 Å². The molecular weight excluding hydrogens is 310 g/mol. The van der Waals surface area contributed by atoms with E-state index in [0.717, 1.165) is 22.8 Å². The number of nitrogens with zero attached hydrogens (tertiary/aromatic N) is 1. The van der Waals surface area contributed by atoms with E-state index in [-0.39, 0.29) is 0 Å². The van der Waals surface area contributed by atoms with Crippen LogP contribution in [0.2, 0.25) is 0 Å². The Labute approximate surface area is 141 Å². The van der Waals surface area contributed by atoms with Crippen molar-refractivity contribution in [3.63, 3.8) is 0 Å². The number of hydrogen-bond donors (Lipinski definition) is 0. The Morgan fingerprint density at radius 3 is 2.74 bits per heavy atom. The van der Waals surface area contributed by atoms with Crippen LogP contribution in [0, 0.1) is 0 Å². The Hall–Kier alpha value is -1.69. The van der Waals surface area contributed by atoms with Crippen molar-refractivity contribution >= 4 is 11.8 Å². The summed E-state index contributed by atoms with van der Waals surface area (Å²) in [5.74, 6) is 2.75. The molecule has 2 heterocycles. The number of hydrogen-bond acceptors (Lipinski definition) is 5. The summed E-state index contributed by atoms with van der Waals surface area (Å²) in [5, 5.41) is 0. The minimum atomic E-state index is 0.587. The van der Waals surface area contributed by atoms with Crippen molar-refractivity contribution in [3.05, 3.63) is 64.5 Å². The molecule has 122 valence electrons. The zero-order chi connectivity index (χ0) is 16.1. The fourth-order valence-electron chi connectivity index (χ4n) is 2.39. The number of benzene rings is 1. The summed E-state index contributed by atoms with van der Waals surface area (Å²) in [5.41, 5.74) is 2.32. The van der Waals surface area contributed by atoms with Crippen LogP contribution in [-0.4, -0.2) is 38.0 Å². The van der Waals surface area contributed by atoms with Gasteiger partial charge in [0.05, 0.1) is 19.8 Å². The summed E-state index contributed by atoms with van der Waals surface area (Å²) in [6.45, 7) is 1.81. The van der Waals surface area contributed by atoms with Gasteiger partial charge in [-0.2, -0.15) is 0 Å². The van der Waals surface area contributed by atoms with Crippen LogP contribution in [0.25, 0.3) is 0 Å². The van der Waals surface area contributed by atoms with Gasteiger partial charge in [-0.3, -0.25) is 0 Å². The first-order chi connectivity index (χ1) is 11.3. The van der Waals surface area contributed by atoms with E-state index < -0.39 is 0 Å². The molecule has 0 atom stereocenters. The molecule has 0 fully saturated rings. The summed E-state index contributed by atoms with van der Waals surface area (Å²) >= 11 is 1.84. The van der Waals surface area contributed by atoms with Gasteiger partial charge in [0.25, 0.3) is 0 Å². The van der Waals surface area contributed by atoms with Gasteiger partial charge in [-0.1, -0.05) is 18.2 Å². The van der Waals surface area contributed by atoms with Crippen molar-refractivity contribution in [1.82, 2.24) is 4.90 Å². The molecule has 23 heavy (non-hydrogen) atoms. The molecule has 0 aliphatic carbocycles. The van der Waals surface area contributed by atoms with Crippen molar-refractivity contribution in [2.75, 3.05) is 33.1 Å².